The Hall–Kier alpha value is -2.25. The minimum Gasteiger partial charge on any atom is -0.338 e. The van der Waals surface area contributed by atoms with Gasteiger partial charge in [0.25, 0.3) is 0 Å². The first kappa shape index (κ1) is 17.2. The maximum Gasteiger partial charge on any atom is 0.227 e. The number of thiazole rings is 1. The number of hydrogen-bond acceptors (Lipinski definition) is 5. The number of aromatic nitrogens is 3. The predicted molar refractivity (Wildman–Crippen MR) is 105 cm³/mol. The maximum atomic E-state index is 12.7. The number of nitrogens with zero attached hydrogens (tertiary/aromatic N) is 2. The summed E-state index contributed by atoms with van der Waals surface area (Å²) >= 11 is 1.57. The van der Waals surface area contributed by atoms with Gasteiger partial charge in [0.1, 0.15) is 5.65 Å². The lowest BCUT2D eigenvalue weighted by molar-refractivity contribution is -0.121. The van der Waals surface area contributed by atoms with Gasteiger partial charge in [-0.2, -0.15) is 0 Å². The van der Waals surface area contributed by atoms with Crippen molar-refractivity contribution in [2.24, 2.45) is 17.6 Å². The Morgan fingerprint density at radius 1 is 1.38 bits per heavy atom. The van der Waals surface area contributed by atoms with Crippen molar-refractivity contribution in [3.05, 3.63) is 30.0 Å². The van der Waals surface area contributed by atoms with Gasteiger partial charge in [-0.15, -0.1) is 11.3 Å². The van der Waals surface area contributed by atoms with Gasteiger partial charge in [0.15, 0.2) is 0 Å². The van der Waals surface area contributed by atoms with Crippen molar-refractivity contribution in [3.63, 3.8) is 0 Å². The highest BCUT2D eigenvalue weighted by atomic mass is 32.1. The standard InChI is InChI=1S/C19H23N5OS/c1-11(20)12-2-4-13(5-3-12)19(25)24-15-6-7-22-18-14(15)8-16(23-18)17-9-21-10-26-17/h6-13H,2-5,20H2,1H3,(H2,22,23,24,25). The molecule has 3 aromatic heterocycles. The molecule has 1 unspecified atom stereocenters. The molecule has 0 aliphatic heterocycles. The van der Waals surface area contributed by atoms with Gasteiger partial charge < -0.3 is 16.0 Å². The van der Waals surface area contributed by atoms with Gasteiger partial charge in [-0.05, 0) is 50.7 Å². The number of carbonyl (C=O) groups is 1. The maximum absolute atomic E-state index is 12.7. The number of rotatable bonds is 4. The number of hydrogen-bond donors (Lipinski definition) is 3. The zero-order valence-corrected chi connectivity index (χ0v) is 15.6. The summed E-state index contributed by atoms with van der Waals surface area (Å²) in [5.41, 5.74) is 10.3. The largest absolute Gasteiger partial charge is 0.338 e. The average molecular weight is 369 g/mol. The number of H-pyrrole nitrogens is 1. The molecule has 1 atom stereocenters. The Labute approximate surface area is 156 Å². The molecular formula is C19H23N5OS. The van der Waals surface area contributed by atoms with Crippen LogP contribution in [0, 0.1) is 11.8 Å². The minimum atomic E-state index is 0.0631. The predicted octanol–water partition coefficient (Wildman–Crippen LogP) is 3.78. The summed E-state index contributed by atoms with van der Waals surface area (Å²) in [5.74, 6) is 0.701. The van der Waals surface area contributed by atoms with Crippen LogP contribution in [0.4, 0.5) is 5.69 Å². The number of pyridine rings is 1. The Morgan fingerprint density at radius 2 is 2.19 bits per heavy atom. The quantitative estimate of drug-likeness (QED) is 0.652. The third-order valence-corrected chi connectivity index (χ3v) is 6.18. The third kappa shape index (κ3) is 3.37. The first-order chi connectivity index (χ1) is 12.6. The van der Waals surface area contributed by atoms with E-state index in [2.05, 4.69) is 27.2 Å². The van der Waals surface area contributed by atoms with Gasteiger partial charge >= 0.3 is 0 Å². The molecule has 3 heterocycles. The second kappa shape index (κ2) is 7.17. The Balaban J connectivity index is 1.51. The number of nitrogens with two attached hydrogens (primary N) is 1. The Morgan fingerprint density at radius 3 is 2.88 bits per heavy atom. The lowest BCUT2D eigenvalue weighted by Gasteiger charge is -2.30. The van der Waals surface area contributed by atoms with E-state index in [0.29, 0.717) is 5.92 Å². The van der Waals surface area contributed by atoms with Gasteiger partial charge in [0, 0.05) is 29.7 Å². The summed E-state index contributed by atoms with van der Waals surface area (Å²) in [4.78, 5) is 25.6. The normalized spacial score (nSPS) is 21.6. The van der Waals surface area contributed by atoms with E-state index in [-0.39, 0.29) is 17.9 Å². The lowest BCUT2D eigenvalue weighted by Crippen LogP contribution is -2.33. The van der Waals surface area contributed by atoms with Crippen LogP contribution in [-0.2, 0) is 4.79 Å². The third-order valence-electron chi connectivity index (χ3n) is 5.37. The van der Waals surface area contributed by atoms with Crippen molar-refractivity contribution in [1.29, 1.82) is 0 Å². The van der Waals surface area contributed by atoms with Crippen molar-refractivity contribution in [2.45, 2.75) is 38.6 Å². The molecule has 3 aromatic rings. The molecule has 1 aliphatic carbocycles. The second-order valence-electron chi connectivity index (χ2n) is 7.13. The van der Waals surface area contributed by atoms with E-state index < -0.39 is 0 Å². The lowest BCUT2D eigenvalue weighted by atomic mass is 9.79. The van der Waals surface area contributed by atoms with Crippen LogP contribution in [0.25, 0.3) is 21.6 Å². The fraction of sp³-hybridized carbons (Fsp3) is 0.421. The molecule has 136 valence electrons. The van der Waals surface area contributed by atoms with E-state index in [1.807, 2.05) is 18.3 Å². The van der Waals surface area contributed by atoms with Gasteiger partial charge in [-0.3, -0.25) is 9.78 Å². The van der Waals surface area contributed by atoms with E-state index in [1.54, 1.807) is 23.0 Å². The highest BCUT2D eigenvalue weighted by Gasteiger charge is 2.28. The average Bonchev–Trinajstić information content (AvgIpc) is 3.31. The van der Waals surface area contributed by atoms with E-state index >= 15 is 0 Å². The van der Waals surface area contributed by atoms with Crippen molar-refractivity contribution in [3.8, 4) is 10.6 Å². The summed E-state index contributed by atoms with van der Waals surface area (Å²) in [6, 6.07) is 4.10. The number of fused-ring (bicyclic) bond motifs is 1. The van der Waals surface area contributed by atoms with Crippen LogP contribution in [0.15, 0.2) is 30.0 Å². The fourth-order valence-electron chi connectivity index (χ4n) is 3.76. The molecular weight excluding hydrogens is 346 g/mol. The van der Waals surface area contributed by atoms with E-state index in [4.69, 9.17) is 5.73 Å². The molecule has 7 heteroatoms. The molecule has 4 N–H and O–H groups in total. The van der Waals surface area contributed by atoms with E-state index in [9.17, 15) is 4.79 Å². The summed E-state index contributed by atoms with van der Waals surface area (Å²) < 4.78 is 0. The smallest absolute Gasteiger partial charge is 0.227 e. The first-order valence-electron chi connectivity index (χ1n) is 9.05. The number of amides is 1. The second-order valence-corrected chi connectivity index (χ2v) is 8.02. The zero-order chi connectivity index (χ0) is 18.1. The van der Waals surface area contributed by atoms with E-state index in [0.717, 1.165) is 53.0 Å². The van der Waals surface area contributed by atoms with Crippen LogP contribution in [0.1, 0.15) is 32.6 Å². The highest BCUT2D eigenvalue weighted by Crippen LogP contribution is 2.33. The highest BCUT2D eigenvalue weighted by molar-refractivity contribution is 7.13. The monoisotopic (exact) mass is 369 g/mol. The Bertz CT molecular complexity index is 894. The molecule has 1 fully saturated rings. The molecule has 6 nitrogen and oxygen atoms in total. The minimum absolute atomic E-state index is 0.0631. The van der Waals surface area contributed by atoms with Crippen molar-refractivity contribution >= 4 is 34.0 Å². The molecule has 1 amide bonds. The van der Waals surface area contributed by atoms with Crippen molar-refractivity contribution in [1.82, 2.24) is 15.0 Å². The number of nitrogens with one attached hydrogen (secondary N) is 2. The number of aromatic amines is 1. The molecule has 0 bridgehead atoms. The van der Waals surface area contributed by atoms with Gasteiger partial charge in [0.2, 0.25) is 5.91 Å². The topological polar surface area (TPSA) is 96.7 Å². The van der Waals surface area contributed by atoms with Crippen LogP contribution >= 0.6 is 11.3 Å². The molecule has 0 spiro atoms. The van der Waals surface area contributed by atoms with Crippen LogP contribution in [0.2, 0.25) is 0 Å². The van der Waals surface area contributed by atoms with Crippen LogP contribution < -0.4 is 11.1 Å². The summed E-state index contributed by atoms with van der Waals surface area (Å²) in [6.07, 6.45) is 7.42. The summed E-state index contributed by atoms with van der Waals surface area (Å²) in [7, 11) is 0. The van der Waals surface area contributed by atoms with Gasteiger partial charge in [-0.1, -0.05) is 0 Å². The van der Waals surface area contributed by atoms with Crippen molar-refractivity contribution in [2.75, 3.05) is 5.32 Å². The molecule has 1 saturated carbocycles. The van der Waals surface area contributed by atoms with Gasteiger partial charge in [-0.25, -0.2) is 4.98 Å². The Kier molecular flexibility index (Phi) is 4.74. The molecule has 0 aromatic carbocycles. The SMILES string of the molecule is CC(N)C1CCC(C(=O)Nc2ccnc3[nH]c(-c4cncs4)cc23)CC1. The first-order valence-corrected chi connectivity index (χ1v) is 9.93. The van der Waals surface area contributed by atoms with E-state index in [1.165, 1.54) is 0 Å². The summed E-state index contributed by atoms with van der Waals surface area (Å²) in [6.45, 7) is 2.06. The van der Waals surface area contributed by atoms with Crippen LogP contribution in [0.5, 0.6) is 0 Å². The molecule has 1 aliphatic rings. The van der Waals surface area contributed by atoms with Crippen LogP contribution in [0.3, 0.4) is 0 Å². The molecule has 0 radical (unpaired) electrons. The molecule has 0 saturated heterocycles. The molecule has 26 heavy (non-hydrogen) atoms. The summed E-state index contributed by atoms with van der Waals surface area (Å²) in [5, 5.41) is 4.04. The fourth-order valence-corrected chi connectivity index (χ4v) is 4.35. The zero-order valence-electron chi connectivity index (χ0n) is 14.7. The molecule has 4 rings (SSSR count). The number of anilines is 1. The number of carbonyl (C=O) groups excluding carboxylic acids is 1. The van der Waals surface area contributed by atoms with Crippen molar-refractivity contribution < 1.29 is 4.79 Å². The van der Waals surface area contributed by atoms with Gasteiger partial charge in [0.05, 0.1) is 21.8 Å². The van der Waals surface area contributed by atoms with Crippen LogP contribution in [-0.4, -0.2) is 26.9 Å².